The van der Waals surface area contributed by atoms with Crippen LogP contribution in [0.25, 0.3) is 16.8 Å². The molecule has 2 N–H and O–H groups in total. The number of nitrogens with one attached hydrogen (secondary N) is 1. The SMILES string of the molecule is CC(C)c1ccc(NC(=O)Cn2ccn3nc(-c4ccccc4)c(CO)c3c2=O)cc1. The van der Waals surface area contributed by atoms with E-state index >= 15 is 0 Å². The van der Waals surface area contributed by atoms with Crippen LogP contribution < -0.4 is 10.9 Å². The van der Waals surface area contributed by atoms with Crippen LogP contribution >= 0.6 is 0 Å². The monoisotopic (exact) mass is 416 g/mol. The van der Waals surface area contributed by atoms with Crippen molar-refractivity contribution in [3.05, 3.63) is 88.5 Å². The highest BCUT2D eigenvalue weighted by molar-refractivity contribution is 5.90. The van der Waals surface area contributed by atoms with Crippen molar-refractivity contribution in [1.82, 2.24) is 14.2 Å². The molecule has 0 aliphatic carbocycles. The molecular weight excluding hydrogens is 392 g/mol. The third-order valence-corrected chi connectivity index (χ3v) is 5.24. The highest BCUT2D eigenvalue weighted by Crippen LogP contribution is 2.24. The van der Waals surface area contributed by atoms with Gasteiger partial charge in [-0.05, 0) is 23.6 Å². The largest absolute Gasteiger partial charge is 0.392 e. The number of nitrogens with zero attached hydrogens (tertiary/aromatic N) is 3. The number of amides is 1. The number of aromatic nitrogens is 3. The minimum atomic E-state index is -0.383. The lowest BCUT2D eigenvalue weighted by atomic mass is 10.0. The zero-order chi connectivity index (χ0) is 22.0. The third-order valence-electron chi connectivity index (χ3n) is 5.24. The van der Waals surface area contributed by atoms with Crippen LogP contribution in [-0.2, 0) is 17.9 Å². The second kappa shape index (κ2) is 8.57. The lowest BCUT2D eigenvalue weighted by molar-refractivity contribution is -0.116. The summed E-state index contributed by atoms with van der Waals surface area (Å²) in [5, 5.41) is 17.2. The van der Waals surface area contributed by atoms with E-state index in [0.29, 0.717) is 22.9 Å². The number of aliphatic hydroxyl groups is 1. The zero-order valence-electron chi connectivity index (χ0n) is 17.4. The Morgan fingerprint density at radius 2 is 1.77 bits per heavy atom. The molecule has 1 amide bonds. The molecule has 4 rings (SSSR count). The molecule has 0 unspecified atom stereocenters. The first-order chi connectivity index (χ1) is 15.0. The van der Waals surface area contributed by atoms with E-state index in [1.54, 1.807) is 6.20 Å². The van der Waals surface area contributed by atoms with Gasteiger partial charge < -0.3 is 15.0 Å². The molecule has 158 valence electrons. The van der Waals surface area contributed by atoms with Crippen molar-refractivity contribution < 1.29 is 9.90 Å². The summed E-state index contributed by atoms with van der Waals surface area (Å²) >= 11 is 0. The zero-order valence-corrected chi connectivity index (χ0v) is 17.4. The number of fused-ring (bicyclic) bond motifs is 1. The van der Waals surface area contributed by atoms with Gasteiger partial charge in [0.05, 0.1) is 12.3 Å². The van der Waals surface area contributed by atoms with E-state index < -0.39 is 0 Å². The number of hydrogen-bond donors (Lipinski definition) is 2. The molecule has 2 aromatic carbocycles. The van der Waals surface area contributed by atoms with Gasteiger partial charge in [0.2, 0.25) is 5.91 Å². The number of hydrogen-bond acceptors (Lipinski definition) is 4. The van der Waals surface area contributed by atoms with Crippen LogP contribution in [-0.4, -0.2) is 25.2 Å². The van der Waals surface area contributed by atoms with Crippen LogP contribution in [0.5, 0.6) is 0 Å². The maximum absolute atomic E-state index is 13.1. The topological polar surface area (TPSA) is 88.6 Å². The lowest BCUT2D eigenvalue weighted by Crippen LogP contribution is -2.28. The first-order valence-corrected chi connectivity index (χ1v) is 10.1. The van der Waals surface area contributed by atoms with Crippen LogP contribution in [0.15, 0.2) is 71.8 Å². The molecule has 0 aliphatic heterocycles. The normalized spacial score (nSPS) is 11.2. The average molecular weight is 416 g/mol. The number of rotatable bonds is 6. The van der Waals surface area contributed by atoms with Gasteiger partial charge in [-0.2, -0.15) is 5.10 Å². The Morgan fingerprint density at radius 3 is 2.42 bits per heavy atom. The summed E-state index contributed by atoms with van der Waals surface area (Å²) in [5.41, 5.74) is 3.54. The van der Waals surface area contributed by atoms with E-state index in [1.807, 2.05) is 54.6 Å². The van der Waals surface area contributed by atoms with Crippen molar-refractivity contribution in [3.8, 4) is 11.3 Å². The molecule has 31 heavy (non-hydrogen) atoms. The first-order valence-electron chi connectivity index (χ1n) is 10.1. The van der Waals surface area contributed by atoms with Gasteiger partial charge in [0.25, 0.3) is 5.56 Å². The number of benzene rings is 2. The molecule has 0 aliphatic rings. The van der Waals surface area contributed by atoms with Crippen LogP contribution in [0.3, 0.4) is 0 Å². The molecule has 0 radical (unpaired) electrons. The molecule has 0 saturated carbocycles. The summed E-state index contributed by atoms with van der Waals surface area (Å²) in [4.78, 5) is 25.6. The van der Waals surface area contributed by atoms with Gasteiger partial charge in [-0.1, -0.05) is 56.3 Å². The highest BCUT2D eigenvalue weighted by atomic mass is 16.3. The molecule has 7 nitrogen and oxygen atoms in total. The Labute approximate surface area is 179 Å². The molecule has 2 heterocycles. The minimum absolute atomic E-state index is 0.141. The van der Waals surface area contributed by atoms with E-state index in [1.165, 1.54) is 20.8 Å². The average Bonchev–Trinajstić information content (AvgIpc) is 3.16. The number of carbonyl (C=O) groups is 1. The van der Waals surface area contributed by atoms with E-state index in [9.17, 15) is 14.7 Å². The third kappa shape index (κ3) is 4.13. The van der Waals surface area contributed by atoms with Crippen molar-refractivity contribution in [3.63, 3.8) is 0 Å². The van der Waals surface area contributed by atoms with Crippen molar-refractivity contribution in [2.24, 2.45) is 0 Å². The predicted molar refractivity (Wildman–Crippen MR) is 120 cm³/mol. The van der Waals surface area contributed by atoms with E-state index in [0.717, 1.165) is 5.56 Å². The Bertz CT molecular complexity index is 1270. The summed E-state index contributed by atoms with van der Waals surface area (Å²) in [5.74, 6) is 0.101. The first kappa shape index (κ1) is 20.6. The van der Waals surface area contributed by atoms with Crippen LogP contribution in [0.4, 0.5) is 5.69 Å². The fourth-order valence-corrected chi connectivity index (χ4v) is 3.56. The van der Waals surface area contributed by atoms with Crippen molar-refractivity contribution in [1.29, 1.82) is 0 Å². The van der Waals surface area contributed by atoms with Gasteiger partial charge in [0.15, 0.2) is 0 Å². The molecular formula is C24H24N4O3. The maximum atomic E-state index is 13.1. The van der Waals surface area contributed by atoms with Crippen LogP contribution in [0.2, 0.25) is 0 Å². The van der Waals surface area contributed by atoms with Crippen LogP contribution in [0.1, 0.15) is 30.9 Å². The molecule has 0 saturated heterocycles. The Kier molecular flexibility index (Phi) is 5.68. The predicted octanol–water partition coefficient (Wildman–Crippen LogP) is 3.42. The molecule has 0 bridgehead atoms. The van der Waals surface area contributed by atoms with E-state index in [4.69, 9.17) is 0 Å². The Morgan fingerprint density at radius 1 is 1.06 bits per heavy atom. The van der Waals surface area contributed by atoms with Crippen LogP contribution in [0, 0.1) is 0 Å². The molecule has 0 fully saturated rings. The summed E-state index contributed by atoms with van der Waals surface area (Å²) in [6.45, 7) is 3.74. The van der Waals surface area contributed by atoms with E-state index in [-0.39, 0.29) is 30.1 Å². The summed E-state index contributed by atoms with van der Waals surface area (Å²) in [7, 11) is 0. The van der Waals surface area contributed by atoms with Gasteiger partial charge >= 0.3 is 0 Å². The molecule has 2 aromatic heterocycles. The van der Waals surface area contributed by atoms with Crippen molar-refractivity contribution in [2.45, 2.75) is 32.9 Å². The number of aliphatic hydroxyl groups excluding tert-OH is 1. The summed E-state index contributed by atoms with van der Waals surface area (Å²) in [6.07, 6.45) is 3.15. The minimum Gasteiger partial charge on any atom is -0.392 e. The fourth-order valence-electron chi connectivity index (χ4n) is 3.56. The molecule has 4 aromatic rings. The highest BCUT2D eigenvalue weighted by Gasteiger charge is 2.18. The summed E-state index contributed by atoms with van der Waals surface area (Å²) < 4.78 is 2.78. The number of anilines is 1. The molecule has 0 spiro atoms. The van der Waals surface area contributed by atoms with E-state index in [2.05, 4.69) is 24.3 Å². The fraction of sp³-hybridized carbons (Fsp3) is 0.208. The van der Waals surface area contributed by atoms with Gasteiger partial charge in [-0.25, -0.2) is 4.52 Å². The van der Waals surface area contributed by atoms with Gasteiger partial charge in [-0.15, -0.1) is 0 Å². The Balaban J connectivity index is 1.62. The second-order valence-electron chi connectivity index (χ2n) is 7.70. The lowest BCUT2D eigenvalue weighted by Gasteiger charge is -2.10. The second-order valence-corrected chi connectivity index (χ2v) is 7.70. The maximum Gasteiger partial charge on any atom is 0.277 e. The molecule has 0 atom stereocenters. The van der Waals surface area contributed by atoms with Crippen molar-refractivity contribution in [2.75, 3.05) is 5.32 Å². The molecule has 7 heteroatoms. The van der Waals surface area contributed by atoms with Crippen molar-refractivity contribution >= 4 is 17.1 Å². The standard InChI is InChI=1S/C24H24N4O3/c1-16(2)17-8-10-19(11-9-17)25-21(30)14-27-12-13-28-23(24(27)31)20(15-29)22(26-28)18-6-4-3-5-7-18/h3-13,16,29H,14-15H2,1-2H3,(H,25,30). The van der Waals surface area contributed by atoms with Gasteiger partial charge in [0, 0.05) is 29.2 Å². The number of carbonyl (C=O) groups excluding carboxylic acids is 1. The summed E-state index contributed by atoms with van der Waals surface area (Å²) in [6, 6.07) is 17.0. The van der Waals surface area contributed by atoms with Gasteiger partial charge in [0.1, 0.15) is 12.1 Å². The smallest absolute Gasteiger partial charge is 0.277 e. The Hall–Kier alpha value is -3.71. The van der Waals surface area contributed by atoms with Gasteiger partial charge in [-0.3, -0.25) is 9.59 Å². The quantitative estimate of drug-likeness (QED) is 0.504.